The van der Waals surface area contributed by atoms with Gasteiger partial charge in [-0.25, -0.2) is 0 Å². The van der Waals surface area contributed by atoms with Gasteiger partial charge in [0.1, 0.15) is 12.4 Å². The normalized spacial score (nSPS) is 13.9. The summed E-state index contributed by atoms with van der Waals surface area (Å²) in [6.45, 7) is 8.97. The number of nitrogens with zero attached hydrogens (tertiary/aromatic N) is 1. The highest BCUT2D eigenvalue weighted by Gasteiger charge is 2.11. The summed E-state index contributed by atoms with van der Waals surface area (Å²) < 4.78 is 5.61. The SMILES string of the molecule is C=C(C)COc1cccc(C(=O)NCc2ccc(N3CCCCC3)cc2)c1. The molecule has 0 atom stereocenters. The number of benzene rings is 2. The van der Waals surface area contributed by atoms with Crippen molar-refractivity contribution in [2.24, 2.45) is 0 Å². The van der Waals surface area contributed by atoms with E-state index in [0.717, 1.165) is 24.2 Å². The lowest BCUT2D eigenvalue weighted by Gasteiger charge is -2.28. The molecule has 0 radical (unpaired) electrons. The van der Waals surface area contributed by atoms with Crippen LogP contribution in [0.4, 0.5) is 5.69 Å². The van der Waals surface area contributed by atoms with Crippen LogP contribution in [-0.2, 0) is 6.54 Å². The molecule has 3 rings (SSSR count). The molecule has 0 unspecified atom stereocenters. The van der Waals surface area contributed by atoms with Gasteiger partial charge < -0.3 is 15.0 Å². The number of hydrogen-bond acceptors (Lipinski definition) is 3. The number of rotatable bonds is 7. The molecule has 0 aromatic heterocycles. The fourth-order valence-electron chi connectivity index (χ4n) is 3.19. The Morgan fingerprint density at radius 1 is 1.11 bits per heavy atom. The fraction of sp³-hybridized carbons (Fsp3) is 0.348. The maximum Gasteiger partial charge on any atom is 0.251 e. The maximum absolute atomic E-state index is 12.4. The first kappa shape index (κ1) is 19.0. The summed E-state index contributed by atoms with van der Waals surface area (Å²) >= 11 is 0. The number of carbonyl (C=O) groups is 1. The molecule has 1 saturated heterocycles. The molecule has 2 aromatic carbocycles. The second kappa shape index (κ2) is 9.26. The lowest BCUT2D eigenvalue weighted by molar-refractivity contribution is 0.0950. The monoisotopic (exact) mass is 364 g/mol. The first-order chi connectivity index (χ1) is 13.1. The summed E-state index contributed by atoms with van der Waals surface area (Å²) in [6, 6.07) is 15.7. The molecule has 142 valence electrons. The summed E-state index contributed by atoms with van der Waals surface area (Å²) in [5, 5.41) is 2.98. The Hall–Kier alpha value is -2.75. The van der Waals surface area contributed by atoms with E-state index in [-0.39, 0.29) is 5.91 Å². The molecule has 4 heteroatoms. The van der Waals surface area contributed by atoms with Gasteiger partial charge in [-0.1, -0.05) is 24.8 Å². The molecule has 0 spiro atoms. The molecular formula is C23H28N2O2. The van der Waals surface area contributed by atoms with Gasteiger partial charge in [-0.2, -0.15) is 0 Å². The third-order valence-electron chi connectivity index (χ3n) is 4.69. The minimum absolute atomic E-state index is 0.101. The number of piperidine rings is 1. The Morgan fingerprint density at radius 3 is 2.56 bits per heavy atom. The van der Waals surface area contributed by atoms with Crippen LogP contribution in [0.2, 0.25) is 0 Å². The van der Waals surface area contributed by atoms with Crippen molar-refractivity contribution in [2.45, 2.75) is 32.7 Å². The van der Waals surface area contributed by atoms with Gasteiger partial charge in [0.05, 0.1) is 0 Å². The summed E-state index contributed by atoms with van der Waals surface area (Å²) in [4.78, 5) is 14.9. The third kappa shape index (κ3) is 5.61. The first-order valence-electron chi connectivity index (χ1n) is 9.61. The van der Waals surface area contributed by atoms with E-state index < -0.39 is 0 Å². The molecule has 27 heavy (non-hydrogen) atoms. The first-order valence-corrected chi connectivity index (χ1v) is 9.61. The van der Waals surface area contributed by atoms with Gasteiger partial charge in [-0.3, -0.25) is 4.79 Å². The van der Waals surface area contributed by atoms with Gasteiger partial charge in [0.25, 0.3) is 5.91 Å². The number of hydrogen-bond donors (Lipinski definition) is 1. The van der Waals surface area contributed by atoms with Crippen LogP contribution >= 0.6 is 0 Å². The van der Waals surface area contributed by atoms with Crippen LogP contribution in [0.1, 0.15) is 42.1 Å². The van der Waals surface area contributed by atoms with E-state index in [1.807, 2.05) is 19.1 Å². The average molecular weight is 364 g/mol. The number of carbonyl (C=O) groups excluding carboxylic acids is 1. The smallest absolute Gasteiger partial charge is 0.251 e. The highest BCUT2D eigenvalue weighted by atomic mass is 16.5. The predicted molar refractivity (Wildman–Crippen MR) is 110 cm³/mol. The van der Waals surface area contributed by atoms with Gasteiger partial charge in [0.2, 0.25) is 0 Å². The molecule has 2 aromatic rings. The minimum Gasteiger partial charge on any atom is -0.489 e. The standard InChI is InChI=1S/C23H28N2O2/c1-18(2)17-27-22-8-6-7-20(15-22)23(26)24-16-19-9-11-21(12-10-19)25-13-4-3-5-14-25/h6-12,15H,1,3-5,13-14,16-17H2,2H3,(H,24,26). The van der Waals surface area contributed by atoms with Crippen molar-refractivity contribution in [1.29, 1.82) is 0 Å². The van der Waals surface area contributed by atoms with E-state index in [1.54, 1.807) is 12.1 Å². The minimum atomic E-state index is -0.101. The Balaban J connectivity index is 1.54. The molecule has 1 aliphatic rings. The fourth-order valence-corrected chi connectivity index (χ4v) is 3.19. The van der Waals surface area contributed by atoms with Crippen LogP contribution in [0, 0.1) is 0 Å². The second-order valence-corrected chi connectivity index (χ2v) is 7.17. The number of anilines is 1. The molecule has 1 amide bonds. The molecule has 0 aliphatic carbocycles. The molecular weight excluding hydrogens is 336 g/mol. The molecule has 1 fully saturated rings. The van der Waals surface area contributed by atoms with Crippen molar-refractivity contribution >= 4 is 11.6 Å². The van der Waals surface area contributed by atoms with Crippen molar-refractivity contribution in [3.05, 3.63) is 71.8 Å². The third-order valence-corrected chi connectivity index (χ3v) is 4.69. The van der Waals surface area contributed by atoms with E-state index in [1.165, 1.54) is 24.9 Å². The molecule has 1 N–H and O–H groups in total. The highest BCUT2D eigenvalue weighted by Crippen LogP contribution is 2.20. The maximum atomic E-state index is 12.4. The van der Waals surface area contributed by atoms with Gasteiger partial charge in [0.15, 0.2) is 0 Å². The topological polar surface area (TPSA) is 41.6 Å². The van der Waals surface area contributed by atoms with Crippen LogP contribution < -0.4 is 15.0 Å². The van der Waals surface area contributed by atoms with E-state index in [0.29, 0.717) is 24.5 Å². The van der Waals surface area contributed by atoms with Crippen molar-refractivity contribution in [3.63, 3.8) is 0 Å². The summed E-state index contributed by atoms with van der Waals surface area (Å²) in [5.41, 5.74) is 3.91. The largest absolute Gasteiger partial charge is 0.489 e. The molecule has 1 heterocycles. The van der Waals surface area contributed by atoms with Crippen molar-refractivity contribution in [1.82, 2.24) is 5.32 Å². The summed E-state index contributed by atoms with van der Waals surface area (Å²) in [7, 11) is 0. The summed E-state index contributed by atoms with van der Waals surface area (Å²) in [6.07, 6.45) is 3.87. The molecule has 0 saturated carbocycles. The second-order valence-electron chi connectivity index (χ2n) is 7.17. The van der Waals surface area contributed by atoms with Crippen LogP contribution in [0.5, 0.6) is 5.75 Å². The van der Waals surface area contributed by atoms with Crippen molar-refractivity contribution < 1.29 is 9.53 Å². The lowest BCUT2D eigenvalue weighted by atomic mass is 10.1. The van der Waals surface area contributed by atoms with Gasteiger partial charge >= 0.3 is 0 Å². The van der Waals surface area contributed by atoms with E-state index in [2.05, 4.69) is 41.1 Å². The van der Waals surface area contributed by atoms with E-state index in [4.69, 9.17) is 4.74 Å². The summed E-state index contributed by atoms with van der Waals surface area (Å²) in [5.74, 6) is 0.576. The average Bonchev–Trinajstić information content (AvgIpc) is 2.72. The van der Waals surface area contributed by atoms with Gasteiger partial charge in [-0.15, -0.1) is 0 Å². The van der Waals surface area contributed by atoms with Crippen LogP contribution in [0.3, 0.4) is 0 Å². The Labute approximate surface area is 161 Å². The number of ether oxygens (including phenoxy) is 1. The van der Waals surface area contributed by atoms with E-state index in [9.17, 15) is 4.79 Å². The van der Waals surface area contributed by atoms with Crippen LogP contribution in [0.25, 0.3) is 0 Å². The van der Waals surface area contributed by atoms with Crippen LogP contribution in [0.15, 0.2) is 60.7 Å². The zero-order chi connectivity index (χ0) is 19.1. The predicted octanol–water partition coefficient (Wildman–Crippen LogP) is 4.56. The van der Waals surface area contributed by atoms with Crippen molar-refractivity contribution in [2.75, 3.05) is 24.6 Å². The number of nitrogens with one attached hydrogen (secondary N) is 1. The quantitative estimate of drug-likeness (QED) is 0.732. The Kier molecular flexibility index (Phi) is 6.53. The molecule has 0 bridgehead atoms. The highest BCUT2D eigenvalue weighted by molar-refractivity contribution is 5.94. The van der Waals surface area contributed by atoms with Crippen LogP contribution in [-0.4, -0.2) is 25.6 Å². The Morgan fingerprint density at radius 2 is 1.85 bits per heavy atom. The molecule has 1 aliphatic heterocycles. The lowest BCUT2D eigenvalue weighted by Crippen LogP contribution is -2.29. The van der Waals surface area contributed by atoms with Crippen molar-refractivity contribution in [3.8, 4) is 5.75 Å². The van der Waals surface area contributed by atoms with E-state index >= 15 is 0 Å². The van der Waals surface area contributed by atoms with Gasteiger partial charge in [0, 0.05) is 30.9 Å². The number of amides is 1. The van der Waals surface area contributed by atoms with Gasteiger partial charge in [-0.05, 0) is 67.7 Å². The molecule has 4 nitrogen and oxygen atoms in total. The Bertz CT molecular complexity index is 777. The zero-order valence-electron chi connectivity index (χ0n) is 16.0. The zero-order valence-corrected chi connectivity index (χ0v) is 16.0.